The second-order valence-electron chi connectivity index (χ2n) is 5.90. The summed E-state index contributed by atoms with van der Waals surface area (Å²) in [5.41, 5.74) is 0.577. The maximum Gasteiger partial charge on any atom is 0.319 e. The van der Waals surface area contributed by atoms with Gasteiger partial charge in [-0.15, -0.1) is 0 Å². The first-order chi connectivity index (χ1) is 11.7. The summed E-state index contributed by atoms with van der Waals surface area (Å²) in [5, 5.41) is 18.7. The van der Waals surface area contributed by atoms with Crippen LogP contribution in [0.1, 0.15) is 25.7 Å². The zero-order valence-corrected chi connectivity index (χ0v) is 13.2. The van der Waals surface area contributed by atoms with E-state index < -0.39 is 0 Å². The van der Waals surface area contributed by atoms with Gasteiger partial charge in [0, 0.05) is 24.9 Å². The molecule has 1 aliphatic carbocycles. The van der Waals surface area contributed by atoms with Crippen LogP contribution < -0.4 is 10.6 Å². The standard InChI is InChI=1S/C16H19N7O/c17-8-12-2-4-13(5-3-12)9-20-16(24)22-14-10-21-23(11-14)15-18-6-1-7-19-15/h1,6-7,10-13H,2-5,9H2,(H2,20,22,24). The van der Waals surface area contributed by atoms with Crippen molar-refractivity contribution in [2.45, 2.75) is 25.7 Å². The molecular weight excluding hydrogens is 306 g/mol. The molecule has 1 aliphatic rings. The average Bonchev–Trinajstić information content (AvgIpc) is 3.09. The number of hydrogen-bond acceptors (Lipinski definition) is 5. The number of nitriles is 1. The summed E-state index contributed by atoms with van der Waals surface area (Å²) in [6.07, 6.45) is 10.3. The maximum absolute atomic E-state index is 12.0. The lowest BCUT2D eigenvalue weighted by Crippen LogP contribution is -2.34. The Morgan fingerprint density at radius 1 is 1.29 bits per heavy atom. The number of carbonyl (C=O) groups is 1. The number of carbonyl (C=O) groups excluding carboxylic acids is 1. The van der Waals surface area contributed by atoms with Gasteiger partial charge in [-0.05, 0) is 37.7 Å². The van der Waals surface area contributed by atoms with Crippen LogP contribution in [0.15, 0.2) is 30.9 Å². The van der Waals surface area contributed by atoms with Gasteiger partial charge in [-0.25, -0.2) is 19.4 Å². The van der Waals surface area contributed by atoms with Gasteiger partial charge >= 0.3 is 6.03 Å². The second kappa shape index (κ2) is 7.55. The van der Waals surface area contributed by atoms with Crippen molar-refractivity contribution in [1.82, 2.24) is 25.1 Å². The van der Waals surface area contributed by atoms with Gasteiger partial charge in [-0.1, -0.05) is 0 Å². The van der Waals surface area contributed by atoms with E-state index in [-0.39, 0.29) is 11.9 Å². The molecule has 2 heterocycles. The van der Waals surface area contributed by atoms with Gasteiger partial charge in [0.05, 0.1) is 24.2 Å². The highest BCUT2D eigenvalue weighted by atomic mass is 16.2. The van der Waals surface area contributed by atoms with Gasteiger partial charge in [-0.3, -0.25) is 0 Å². The molecule has 2 N–H and O–H groups in total. The molecule has 0 aromatic carbocycles. The molecule has 2 aromatic rings. The first-order valence-electron chi connectivity index (χ1n) is 8.01. The van der Waals surface area contributed by atoms with Gasteiger partial charge in [0.2, 0.25) is 5.95 Å². The molecule has 0 spiro atoms. The minimum Gasteiger partial charge on any atom is -0.338 e. The Morgan fingerprint density at radius 2 is 2.04 bits per heavy atom. The molecule has 124 valence electrons. The predicted octanol–water partition coefficient (Wildman–Crippen LogP) is 2.11. The van der Waals surface area contributed by atoms with Gasteiger partial charge in [-0.2, -0.15) is 10.4 Å². The van der Waals surface area contributed by atoms with Gasteiger partial charge in [0.25, 0.3) is 0 Å². The number of nitrogens with zero attached hydrogens (tertiary/aromatic N) is 5. The smallest absolute Gasteiger partial charge is 0.319 e. The van der Waals surface area contributed by atoms with Crippen LogP contribution in [0, 0.1) is 23.2 Å². The molecule has 1 saturated carbocycles. The van der Waals surface area contributed by atoms with E-state index in [2.05, 4.69) is 31.8 Å². The maximum atomic E-state index is 12.0. The number of nitrogens with one attached hydrogen (secondary N) is 2. The van der Waals surface area contributed by atoms with Gasteiger partial charge in [0.1, 0.15) is 0 Å². The molecule has 8 heteroatoms. The van der Waals surface area contributed by atoms with Crippen LogP contribution in [-0.4, -0.2) is 32.3 Å². The van der Waals surface area contributed by atoms with E-state index in [1.54, 1.807) is 30.9 Å². The summed E-state index contributed by atoms with van der Waals surface area (Å²) in [7, 11) is 0. The third-order valence-electron chi connectivity index (χ3n) is 4.18. The number of urea groups is 1. The summed E-state index contributed by atoms with van der Waals surface area (Å²) >= 11 is 0. The van der Waals surface area contributed by atoms with E-state index >= 15 is 0 Å². The summed E-state index contributed by atoms with van der Waals surface area (Å²) in [6, 6.07) is 3.79. The Bertz CT molecular complexity index is 714. The highest BCUT2D eigenvalue weighted by molar-refractivity contribution is 5.88. The topological polar surface area (TPSA) is 109 Å². The van der Waals surface area contributed by atoms with Crippen LogP contribution >= 0.6 is 0 Å². The second-order valence-corrected chi connectivity index (χ2v) is 5.90. The quantitative estimate of drug-likeness (QED) is 0.895. The molecule has 2 aromatic heterocycles. The number of rotatable bonds is 4. The zero-order valence-electron chi connectivity index (χ0n) is 13.2. The highest BCUT2D eigenvalue weighted by Crippen LogP contribution is 2.27. The lowest BCUT2D eigenvalue weighted by molar-refractivity contribution is 0.245. The molecule has 0 radical (unpaired) electrons. The summed E-state index contributed by atoms with van der Waals surface area (Å²) < 4.78 is 1.50. The van der Waals surface area contributed by atoms with E-state index in [9.17, 15) is 4.79 Å². The summed E-state index contributed by atoms with van der Waals surface area (Å²) in [5.74, 6) is 1.07. The van der Waals surface area contributed by atoms with Crippen molar-refractivity contribution in [1.29, 1.82) is 5.26 Å². The Morgan fingerprint density at radius 3 is 2.75 bits per heavy atom. The van der Waals surface area contributed by atoms with E-state index in [0.29, 0.717) is 24.1 Å². The molecule has 3 rings (SSSR count). The van der Waals surface area contributed by atoms with Crippen molar-refractivity contribution in [3.8, 4) is 12.0 Å². The molecule has 24 heavy (non-hydrogen) atoms. The Labute approximate surface area is 139 Å². The van der Waals surface area contributed by atoms with Crippen molar-refractivity contribution < 1.29 is 4.79 Å². The van der Waals surface area contributed by atoms with E-state index in [4.69, 9.17) is 5.26 Å². The minimum absolute atomic E-state index is 0.182. The molecule has 8 nitrogen and oxygen atoms in total. The largest absolute Gasteiger partial charge is 0.338 e. The first-order valence-corrected chi connectivity index (χ1v) is 8.01. The fourth-order valence-corrected chi connectivity index (χ4v) is 2.81. The van der Waals surface area contributed by atoms with Gasteiger partial charge < -0.3 is 10.6 Å². The van der Waals surface area contributed by atoms with Crippen molar-refractivity contribution in [2.75, 3.05) is 11.9 Å². The molecule has 0 bridgehead atoms. The lowest BCUT2D eigenvalue weighted by Gasteiger charge is -2.24. The molecule has 0 atom stereocenters. The highest BCUT2D eigenvalue weighted by Gasteiger charge is 2.21. The molecular formula is C16H19N7O. The Hall–Kier alpha value is -2.95. The number of hydrogen-bond donors (Lipinski definition) is 2. The molecule has 2 amide bonds. The summed E-state index contributed by atoms with van der Waals surface area (Å²) in [4.78, 5) is 20.2. The van der Waals surface area contributed by atoms with Crippen LogP contribution in [0.2, 0.25) is 0 Å². The third-order valence-corrected chi connectivity index (χ3v) is 4.18. The summed E-state index contributed by atoms with van der Waals surface area (Å²) in [6.45, 7) is 0.625. The molecule has 0 unspecified atom stereocenters. The molecule has 0 aliphatic heterocycles. The Balaban J connectivity index is 1.46. The van der Waals surface area contributed by atoms with E-state index in [1.165, 1.54) is 4.68 Å². The van der Waals surface area contributed by atoms with E-state index in [0.717, 1.165) is 25.7 Å². The van der Waals surface area contributed by atoms with Crippen LogP contribution in [-0.2, 0) is 0 Å². The number of anilines is 1. The van der Waals surface area contributed by atoms with Crippen LogP contribution in [0.3, 0.4) is 0 Å². The predicted molar refractivity (Wildman–Crippen MR) is 87.2 cm³/mol. The van der Waals surface area contributed by atoms with Crippen LogP contribution in [0.4, 0.5) is 10.5 Å². The fourth-order valence-electron chi connectivity index (χ4n) is 2.81. The van der Waals surface area contributed by atoms with Gasteiger partial charge in [0.15, 0.2) is 0 Å². The third kappa shape index (κ3) is 4.07. The van der Waals surface area contributed by atoms with Crippen LogP contribution in [0.5, 0.6) is 0 Å². The monoisotopic (exact) mass is 325 g/mol. The first kappa shape index (κ1) is 15.9. The SMILES string of the molecule is N#CC1CCC(CNC(=O)Nc2cnn(-c3ncccn3)c2)CC1. The zero-order chi connectivity index (χ0) is 16.8. The molecule has 1 fully saturated rings. The van der Waals surface area contributed by atoms with Crippen molar-refractivity contribution in [3.05, 3.63) is 30.9 Å². The number of amides is 2. The van der Waals surface area contributed by atoms with E-state index in [1.807, 2.05) is 0 Å². The lowest BCUT2D eigenvalue weighted by atomic mass is 9.83. The minimum atomic E-state index is -0.258. The number of aromatic nitrogens is 4. The molecule has 0 saturated heterocycles. The normalized spacial score (nSPS) is 20.1. The fraction of sp³-hybridized carbons (Fsp3) is 0.438. The van der Waals surface area contributed by atoms with Crippen molar-refractivity contribution in [2.24, 2.45) is 11.8 Å². The van der Waals surface area contributed by atoms with Crippen LogP contribution in [0.25, 0.3) is 5.95 Å². The Kier molecular flexibility index (Phi) is 5.01. The van der Waals surface area contributed by atoms with Crippen molar-refractivity contribution in [3.63, 3.8) is 0 Å². The van der Waals surface area contributed by atoms with Crippen molar-refractivity contribution >= 4 is 11.7 Å². The average molecular weight is 325 g/mol.